The molecule has 7 heteroatoms. The number of nitriles is 1. The summed E-state index contributed by atoms with van der Waals surface area (Å²) in [6, 6.07) is 17.2. The van der Waals surface area contributed by atoms with E-state index in [1.807, 2.05) is 0 Å². The van der Waals surface area contributed by atoms with Crippen molar-refractivity contribution in [3.63, 3.8) is 0 Å². The van der Waals surface area contributed by atoms with Crippen LogP contribution < -0.4 is 20.9 Å². The minimum atomic E-state index is -0.274. The summed E-state index contributed by atoms with van der Waals surface area (Å²) in [6.45, 7) is 9.39. The van der Waals surface area contributed by atoms with Crippen molar-refractivity contribution in [2.45, 2.75) is 127 Å². The topological polar surface area (TPSA) is 68.0 Å². The van der Waals surface area contributed by atoms with E-state index >= 15 is 0 Å². The molecule has 6 aliphatic carbocycles. The predicted molar refractivity (Wildman–Crippen MR) is 261 cm³/mol. The Balaban J connectivity index is 1.00. The van der Waals surface area contributed by atoms with Gasteiger partial charge in [0.2, 0.25) is 0 Å². The lowest BCUT2D eigenvalue weighted by atomic mass is 9.77. The number of hydrogen-bond acceptors (Lipinski definition) is 6. The molecule has 63 heavy (non-hydrogen) atoms. The van der Waals surface area contributed by atoms with E-state index in [9.17, 15) is 5.26 Å². The number of aromatic nitrogens is 1. The second-order valence-electron chi connectivity index (χ2n) is 20.2. The number of anilines is 1. The van der Waals surface area contributed by atoms with Crippen LogP contribution >= 0.6 is 11.8 Å². The van der Waals surface area contributed by atoms with E-state index in [1.54, 1.807) is 10.5 Å². The molecule has 2 saturated heterocycles. The van der Waals surface area contributed by atoms with Crippen LogP contribution in [-0.2, 0) is 6.42 Å². The second kappa shape index (κ2) is 15.8. The Labute approximate surface area is 378 Å². The molecule has 6 nitrogen and oxygen atoms in total. The second-order valence-corrected chi connectivity index (χ2v) is 21.5. The summed E-state index contributed by atoms with van der Waals surface area (Å²) in [6.07, 6.45) is 37.1. The van der Waals surface area contributed by atoms with E-state index in [0.29, 0.717) is 40.9 Å². The minimum Gasteiger partial charge on any atom is -0.362 e. The summed E-state index contributed by atoms with van der Waals surface area (Å²) >= 11 is 2.12. The maximum absolute atomic E-state index is 11.5. The Morgan fingerprint density at radius 2 is 1.68 bits per heavy atom. The third kappa shape index (κ3) is 6.44. The van der Waals surface area contributed by atoms with Gasteiger partial charge in [-0.05, 0) is 122 Å². The maximum Gasteiger partial charge on any atom is 0.0852 e. The molecular weight excluding hydrogens is 789 g/mol. The number of rotatable bonds is 5. The molecule has 3 aromatic rings. The molecule has 3 aliphatic heterocycles. The molecule has 12 rings (SSSR count). The van der Waals surface area contributed by atoms with Crippen molar-refractivity contribution >= 4 is 33.9 Å². The fraction of sp³-hybridized carbons (Fsp3) is 0.446. The van der Waals surface area contributed by atoms with Crippen LogP contribution in [-0.4, -0.2) is 40.4 Å². The zero-order valence-corrected chi connectivity index (χ0v) is 38.1. The molecule has 0 amide bonds. The molecule has 2 aromatic carbocycles. The van der Waals surface area contributed by atoms with Crippen LogP contribution in [0.3, 0.4) is 0 Å². The van der Waals surface area contributed by atoms with Crippen LogP contribution in [0.5, 0.6) is 0 Å². The zero-order chi connectivity index (χ0) is 42.5. The normalized spacial score (nSPS) is 36.4. The third-order valence-electron chi connectivity index (χ3n) is 16.6. The van der Waals surface area contributed by atoms with Crippen LogP contribution in [0.1, 0.15) is 98.7 Å². The molecule has 0 spiro atoms. The quantitative estimate of drug-likeness (QED) is 0.222. The van der Waals surface area contributed by atoms with Crippen LogP contribution in [0.15, 0.2) is 125 Å². The van der Waals surface area contributed by atoms with E-state index in [-0.39, 0.29) is 36.5 Å². The molecule has 322 valence electrons. The molecule has 13 atom stereocenters. The first-order valence-corrected chi connectivity index (χ1v) is 25.0. The summed E-state index contributed by atoms with van der Waals surface area (Å²) in [5.74, 6) is 1.91. The third-order valence-corrected chi connectivity index (χ3v) is 18.1. The van der Waals surface area contributed by atoms with Gasteiger partial charge in [0.15, 0.2) is 0 Å². The van der Waals surface area contributed by atoms with Crippen LogP contribution in [0.4, 0.5) is 5.69 Å². The Bertz CT molecular complexity index is 2660. The number of nitrogens with one attached hydrogen (secondary N) is 3. The first-order valence-electron chi connectivity index (χ1n) is 24.2. The summed E-state index contributed by atoms with van der Waals surface area (Å²) in [4.78, 5) is 4.35. The van der Waals surface area contributed by atoms with Gasteiger partial charge in [-0.15, -0.1) is 11.8 Å². The number of thioether (sulfide) groups is 1. The van der Waals surface area contributed by atoms with E-state index in [1.165, 1.54) is 62.1 Å². The molecule has 0 radical (unpaired) electrons. The molecule has 0 saturated carbocycles. The Morgan fingerprint density at radius 1 is 0.825 bits per heavy atom. The van der Waals surface area contributed by atoms with Gasteiger partial charge in [-0.25, -0.2) is 0 Å². The number of nitrogens with zero attached hydrogens (tertiary/aromatic N) is 3. The molecule has 3 N–H and O–H groups in total. The molecular formula is C56H62N6S. The van der Waals surface area contributed by atoms with E-state index in [4.69, 9.17) is 0 Å². The van der Waals surface area contributed by atoms with Gasteiger partial charge in [0.1, 0.15) is 0 Å². The van der Waals surface area contributed by atoms with Crippen LogP contribution in [0, 0.1) is 54.8 Å². The van der Waals surface area contributed by atoms with Crippen LogP contribution in [0.25, 0.3) is 16.5 Å². The molecule has 13 unspecified atom stereocenters. The standard InChI is InChI=1S/C56H62N6S/c1-32-14-10-21-41-42-22-11-15-33(2)51(42)61(50(32)41)46-30-47(62-52-34(3)16-12-23-43(52)44-24-13-17-35(4)53(44)62)45(28-38(46)31-57)56-59-54(36-18-6-5-7-19-36)58-55(60-56)37-26-27-40-39-20-8-9-25-48(39)63-49(40)29-37/h5-12,14,16-18,21-23,25,27-28,33,36-39,42,46-47,49,51,54-56,58-60H,13,15,19-20,24,26,29-30H2,1-4H3. The Hall–Kier alpha value is -4.58. The smallest absolute Gasteiger partial charge is 0.0852 e. The van der Waals surface area contributed by atoms with Gasteiger partial charge in [-0.1, -0.05) is 122 Å². The SMILES string of the molecule is CC1=CCCc2c1n(C1CC(N3c4c(C)cccc4C4C=CCC(C)C43)C(C#N)C=C1C1NC(C3C=CC=CC3)NC(C3CC=C4C(C3)SC3=CC=CCC34)N1)c1c(C)cccc21. The van der Waals surface area contributed by atoms with Gasteiger partial charge in [-0.3, -0.25) is 16.0 Å². The predicted octanol–water partition coefficient (Wildman–Crippen LogP) is 11.4. The molecule has 2 fully saturated rings. The zero-order valence-electron chi connectivity index (χ0n) is 37.3. The lowest BCUT2D eigenvalue weighted by Gasteiger charge is -2.50. The number of hydrogen-bond donors (Lipinski definition) is 3. The molecule has 0 bridgehead atoms. The van der Waals surface area contributed by atoms with Crippen molar-refractivity contribution < 1.29 is 0 Å². The van der Waals surface area contributed by atoms with Crippen LogP contribution in [0.2, 0.25) is 0 Å². The van der Waals surface area contributed by atoms with Gasteiger partial charge >= 0.3 is 0 Å². The lowest BCUT2D eigenvalue weighted by molar-refractivity contribution is 0.132. The van der Waals surface area contributed by atoms with Crippen molar-refractivity contribution in [2.24, 2.45) is 29.6 Å². The van der Waals surface area contributed by atoms with Crippen molar-refractivity contribution in [3.8, 4) is 6.07 Å². The summed E-state index contributed by atoms with van der Waals surface area (Å²) < 4.78 is 2.78. The summed E-state index contributed by atoms with van der Waals surface area (Å²) in [5.41, 5.74) is 14.1. The van der Waals surface area contributed by atoms with Gasteiger partial charge in [0, 0.05) is 45.8 Å². The summed E-state index contributed by atoms with van der Waals surface area (Å²) in [7, 11) is 0. The fourth-order valence-electron chi connectivity index (χ4n) is 13.8. The van der Waals surface area contributed by atoms with Gasteiger partial charge in [0.05, 0.1) is 48.1 Å². The number of para-hydroxylation sites is 2. The average Bonchev–Trinajstić information content (AvgIpc) is 3.98. The lowest BCUT2D eigenvalue weighted by Crippen LogP contribution is -2.71. The molecule has 9 aliphatic rings. The number of fused-ring (bicyclic) bond motifs is 9. The first kappa shape index (κ1) is 40.0. The number of aryl methyl sites for hydroxylation is 3. The summed E-state index contributed by atoms with van der Waals surface area (Å²) in [5, 5.41) is 26.2. The monoisotopic (exact) mass is 850 g/mol. The van der Waals surface area contributed by atoms with Crippen molar-refractivity contribution in [1.82, 2.24) is 20.5 Å². The Morgan fingerprint density at radius 3 is 2.56 bits per heavy atom. The number of allylic oxidation sites excluding steroid dienone is 11. The highest BCUT2D eigenvalue weighted by Crippen LogP contribution is 2.55. The molecule has 4 heterocycles. The largest absolute Gasteiger partial charge is 0.362 e. The maximum atomic E-state index is 11.5. The first-order chi connectivity index (χ1) is 30.9. The number of benzene rings is 2. The van der Waals surface area contributed by atoms with E-state index in [0.717, 1.165) is 44.9 Å². The average molecular weight is 851 g/mol. The highest BCUT2D eigenvalue weighted by Gasteiger charge is 2.51. The van der Waals surface area contributed by atoms with E-state index < -0.39 is 0 Å². The van der Waals surface area contributed by atoms with E-state index in [2.05, 4.69) is 180 Å². The highest BCUT2D eigenvalue weighted by atomic mass is 32.2. The molecule has 1 aromatic heterocycles. The van der Waals surface area contributed by atoms with Gasteiger partial charge < -0.3 is 9.47 Å². The van der Waals surface area contributed by atoms with Crippen molar-refractivity contribution in [1.29, 1.82) is 5.26 Å². The van der Waals surface area contributed by atoms with Crippen molar-refractivity contribution in [3.05, 3.63) is 153 Å². The minimum absolute atomic E-state index is 0.0193. The Kier molecular flexibility index (Phi) is 10.0. The van der Waals surface area contributed by atoms with Gasteiger partial charge in [-0.2, -0.15) is 5.26 Å². The van der Waals surface area contributed by atoms with Gasteiger partial charge in [0.25, 0.3) is 0 Å². The highest BCUT2D eigenvalue weighted by molar-refractivity contribution is 8.04. The fourth-order valence-corrected chi connectivity index (χ4v) is 15.4. The van der Waals surface area contributed by atoms with Crippen molar-refractivity contribution in [2.75, 3.05) is 4.90 Å².